The van der Waals surface area contributed by atoms with E-state index >= 15 is 0 Å². The van der Waals surface area contributed by atoms with Crippen LogP contribution in [-0.2, 0) is 9.59 Å². The van der Waals surface area contributed by atoms with Gasteiger partial charge in [-0.15, -0.1) is 0 Å². The number of urea groups is 1. The molecule has 0 aliphatic carbocycles. The van der Waals surface area contributed by atoms with Crippen molar-refractivity contribution < 1.29 is 27.6 Å². The Morgan fingerprint density at radius 2 is 1.74 bits per heavy atom. The van der Waals surface area contributed by atoms with Crippen LogP contribution in [0.2, 0.25) is 0 Å². The molecular weight excluding hydrogens is 265 g/mol. The van der Waals surface area contributed by atoms with E-state index in [1.165, 1.54) is 0 Å². The zero-order valence-electron chi connectivity index (χ0n) is 11.0. The fraction of sp³-hybridized carbons (Fsp3) is 0.727. The van der Waals surface area contributed by atoms with Gasteiger partial charge in [-0.1, -0.05) is 20.8 Å². The molecule has 5 nitrogen and oxygen atoms in total. The SMILES string of the molecule is CC(C)(C)C(=O)CN1C(=O)NC(C)(C(F)(F)F)C1=O. The van der Waals surface area contributed by atoms with Crippen LogP contribution in [0.3, 0.4) is 0 Å². The summed E-state index contributed by atoms with van der Waals surface area (Å²) in [7, 11) is 0. The van der Waals surface area contributed by atoms with Crippen molar-refractivity contribution in [2.75, 3.05) is 6.54 Å². The smallest absolute Gasteiger partial charge is 0.316 e. The number of nitrogens with one attached hydrogen (secondary N) is 1. The fourth-order valence-corrected chi connectivity index (χ4v) is 1.41. The number of carbonyl (C=O) groups excluding carboxylic acids is 3. The molecule has 1 atom stereocenters. The third-order valence-corrected chi connectivity index (χ3v) is 2.98. The quantitative estimate of drug-likeness (QED) is 0.779. The minimum Gasteiger partial charge on any atom is -0.316 e. The number of rotatable bonds is 2. The summed E-state index contributed by atoms with van der Waals surface area (Å²) in [5.41, 5.74) is -3.82. The lowest BCUT2D eigenvalue weighted by Crippen LogP contribution is -2.56. The largest absolute Gasteiger partial charge is 0.420 e. The molecule has 0 aromatic rings. The third-order valence-electron chi connectivity index (χ3n) is 2.98. The highest BCUT2D eigenvalue weighted by atomic mass is 19.4. The van der Waals surface area contributed by atoms with Gasteiger partial charge in [0.05, 0.1) is 6.54 Å². The van der Waals surface area contributed by atoms with Crippen molar-refractivity contribution in [1.82, 2.24) is 10.2 Å². The number of halogens is 3. The number of nitrogens with zero attached hydrogens (tertiary/aromatic N) is 1. The molecular formula is C11H15F3N2O3. The molecule has 8 heteroatoms. The number of amides is 3. The lowest BCUT2D eigenvalue weighted by molar-refractivity contribution is -0.191. The Bertz CT molecular complexity index is 439. The summed E-state index contributed by atoms with van der Waals surface area (Å²) in [6.45, 7) is 4.57. The summed E-state index contributed by atoms with van der Waals surface area (Å²) in [6, 6.07) is -1.21. The first-order valence-electron chi connectivity index (χ1n) is 5.55. The molecule has 1 rings (SSSR count). The molecule has 19 heavy (non-hydrogen) atoms. The minimum atomic E-state index is -4.92. The van der Waals surface area contributed by atoms with E-state index in [1.807, 2.05) is 0 Å². The molecule has 1 aliphatic rings. The summed E-state index contributed by atoms with van der Waals surface area (Å²) in [5, 5.41) is 1.59. The van der Waals surface area contributed by atoms with Gasteiger partial charge < -0.3 is 5.32 Å². The van der Waals surface area contributed by atoms with Gasteiger partial charge in [0.15, 0.2) is 5.78 Å². The van der Waals surface area contributed by atoms with Gasteiger partial charge in [0.2, 0.25) is 5.54 Å². The zero-order chi connectivity index (χ0) is 15.2. The molecule has 1 saturated heterocycles. The van der Waals surface area contributed by atoms with Crippen LogP contribution in [0.15, 0.2) is 0 Å². The van der Waals surface area contributed by atoms with Gasteiger partial charge in [0.25, 0.3) is 5.91 Å². The van der Waals surface area contributed by atoms with Crippen LogP contribution < -0.4 is 5.32 Å². The maximum Gasteiger partial charge on any atom is 0.420 e. The van der Waals surface area contributed by atoms with Gasteiger partial charge in [0, 0.05) is 5.41 Å². The molecule has 0 aromatic heterocycles. The van der Waals surface area contributed by atoms with E-state index in [-0.39, 0.29) is 0 Å². The van der Waals surface area contributed by atoms with E-state index in [4.69, 9.17) is 0 Å². The highest BCUT2D eigenvalue weighted by molar-refractivity contribution is 6.09. The average Bonchev–Trinajstić information content (AvgIpc) is 2.40. The number of ketones is 1. The number of Topliss-reactive ketones (excluding diaryl/α,β-unsaturated/α-hetero) is 1. The third kappa shape index (κ3) is 2.57. The van der Waals surface area contributed by atoms with Crippen molar-refractivity contribution in [3.63, 3.8) is 0 Å². The van der Waals surface area contributed by atoms with E-state index in [1.54, 1.807) is 26.1 Å². The highest BCUT2D eigenvalue weighted by Crippen LogP contribution is 2.35. The Labute approximate surface area is 108 Å². The molecule has 1 N–H and O–H groups in total. The van der Waals surface area contributed by atoms with Gasteiger partial charge in [-0.05, 0) is 6.92 Å². The number of hydrogen-bond donors (Lipinski definition) is 1. The van der Waals surface area contributed by atoms with E-state index in [2.05, 4.69) is 0 Å². The maximum absolute atomic E-state index is 12.8. The molecule has 0 radical (unpaired) electrons. The Morgan fingerprint density at radius 1 is 1.26 bits per heavy atom. The molecule has 0 spiro atoms. The predicted molar refractivity (Wildman–Crippen MR) is 59.2 cm³/mol. The van der Waals surface area contributed by atoms with Crippen molar-refractivity contribution in [2.24, 2.45) is 5.41 Å². The maximum atomic E-state index is 12.8. The number of alkyl halides is 3. The van der Waals surface area contributed by atoms with Crippen LogP contribution in [0.25, 0.3) is 0 Å². The molecule has 3 amide bonds. The standard InChI is InChI=1S/C11H15F3N2O3/c1-9(2,3)6(17)5-16-7(18)10(4,11(12,13)14)15-8(16)19/h5H2,1-4H3,(H,15,19). The van der Waals surface area contributed by atoms with E-state index in [9.17, 15) is 27.6 Å². The Hall–Kier alpha value is -1.60. The van der Waals surface area contributed by atoms with Crippen LogP contribution in [0.4, 0.5) is 18.0 Å². The number of hydrogen-bond acceptors (Lipinski definition) is 3. The number of carbonyl (C=O) groups is 3. The van der Waals surface area contributed by atoms with Crippen molar-refractivity contribution >= 4 is 17.7 Å². The Morgan fingerprint density at radius 3 is 2.05 bits per heavy atom. The first kappa shape index (κ1) is 15.5. The molecule has 0 bridgehead atoms. The topological polar surface area (TPSA) is 66.5 Å². The van der Waals surface area contributed by atoms with E-state index in [0.717, 1.165) is 0 Å². The van der Waals surface area contributed by atoms with Crippen molar-refractivity contribution in [2.45, 2.75) is 39.4 Å². The van der Waals surface area contributed by atoms with Crippen LogP contribution >= 0.6 is 0 Å². The van der Waals surface area contributed by atoms with Crippen LogP contribution in [0.5, 0.6) is 0 Å². The highest BCUT2D eigenvalue weighted by Gasteiger charge is 2.64. The van der Waals surface area contributed by atoms with Crippen molar-refractivity contribution in [3.8, 4) is 0 Å². The molecule has 1 fully saturated rings. The van der Waals surface area contributed by atoms with E-state index < -0.39 is 41.4 Å². The van der Waals surface area contributed by atoms with E-state index in [0.29, 0.717) is 11.8 Å². The molecule has 108 valence electrons. The second-order valence-electron chi connectivity index (χ2n) is 5.62. The Kier molecular flexibility index (Phi) is 3.42. The van der Waals surface area contributed by atoms with Gasteiger partial charge in [0.1, 0.15) is 0 Å². The summed E-state index contributed by atoms with van der Waals surface area (Å²) >= 11 is 0. The van der Waals surface area contributed by atoms with Crippen LogP contribution in [0.1, 0.15) is 27.7 Å². The lowest BCUT2D eigenvalue weighted by atomic mass is 9.90. The van der Waals surface area contributed by atoms with Gasteiger partial charge in [-0.25, -0.2) is 4.79 Å². The molecule has 1 aliphatic heterocycles. The summed E-state index contributed by atoms with van der Waals surface area (Å²) in [4.78, 5) is 35.2. The average molecular weight is 280 g/mol. The fourth-order valence-electron chi connectivity index (χ4n) is 1.41. The molecule has 0 saturated carbocycles. The second-order valence-corrected chi connectivity index (χ2v) is 5.62. The van der Waals surface area contributed by atoms with Gasteiger partial charge >= 0.3 is 12.2 Å². The molecule has 1 unspecified atom stereocenters. The van der Waals surface area contributed by atoms with Gasteiger partial charge in [-0.3, -0.25) is 14.5 Å². The molecule has 0 aromatic carbocycles. The van der Waals surface area contributed by atoms with Crippen molar-refractivity contribution in [1.29, 1.82) is 0 Å². The van der Waals surface area contributed by atoms with Crippen molar-refractivity contribution in [3.05, 3.63) is 0 Å². The zero-order valence-corrected chi connectivity index (χ0v) is 11.0. The monoisotopic (exact) mass is 280 g/mol. The first-order chi connectivity index (χ1) is 8.30. The predicted octanol–water partition coefficient (Wildman–Crippen LogP) is 1.47. The Balaban J connectivity index is 2.99. The summed E-state index contributed by atoms with van der Waals surface area (Å²) < 4.78 is 38.3. The first-order valence-corrected chi connectivity index (χ1v) is 5.55. The minimum absolute atomic E-state index is 0.307. The van der Waals surface area contributed by atoms with Crippen LogP contribution in [0, 0.1) is 5.41 Å². The van der Waals surface area contributed by atoms with Crippen LogP contribution in [-0.4, -0.2) is 40.9 Å². The van der Waals surface area contributed by atoms with Gasteiger partial charge in [-0.2, -0.15) is 13.2 Å². The lowest BCUT2D eigenvalue weighted by Gasteiger charge is -2.25. The second kappa shape index (κ2) is 4.21. The summed E-state index contributed by atoms with van der Waals surface area (Å²) in [5.74, 6) is -1.95. The summed E-state index contributed by atoms with van der Waals surface area (Å²) in [6.07, 6.45) is -4.92. The number of imide groups is 1. The normalized spacial score (nSPS) is 24.7. The molecule has 1 heterocycles.